The van der Waals surface area contributed by atoms with Crippen molar-refractivity contribution in [1.82, 2.24) is 9.88 Å². The molecule has 0 fully saturated rings. The third kappa shape index (κ3) is 1.95. The highest BCUT2D eigenvalue weighted by atomic mass is 15.1. The number of pyridine rings is 1. The van der Waals surface area contributed by atoms with E-state index in [4.69, 9.17) is 0 Å². The topological polar surface area (TPSA) is 16.1 Å². The fourth-order valence-electron chi connectivity index (χ4n) is 1.63. The van der Waals surface area contributed by atoms with Crippen molar-refractivity contribution in [1.29, 1.82) is 0 Å². The van der Waals surface area contributed by atoms with E-state index < -0.39 is 0 Å². The van der Waals surface area contributed by atoms with E-state index in [2.05, 4.69) is 29.1 Å². The van der Waals surface area contributed by atoms with E-state index in [0.717, 1.165) is 25.2 Å². The lowest BCUT2D eigenvalue weighted by Gasteiger charge is -2.22. The summed E-state index contributed by atoms with van der Waals surface area (Å²) in [6, 6.07) is 6.07. The monoisotopic (exact) mass is 174 g/mol. The Morgan fingerprint density at radius 1 is 1.38 bits per heavy atom. The number of aromatic nitrogens is 1. The third-order valence-electron chi connectivity index (χ3n) is 2.34. The van der Waals surface area contributed by atoms with Crippen LogP contribution in [0.2, 0.25) is 0 Å². The second-order valence-corrected chi connectivity index (χ2v) is 3.47. The average Bonchev–Trinajstić information content (AvgIpc) is 2.19. The van der Waals surface area contributed by atoms with Crippen molar-refractivity contribution >= 4 is 5.57 Å². The molecule has 13 heavy (non-hydrogen) atoms. The Hall–Kier alpha value is -1.15. The van der Waals surface area contributed by atoms with Gasteiger partial charge in [0.2, 0.25) is 0 Å². The van der Waals surface area contributed by atoms with Crippen molar-refractivity contribution in [2.24, 2.45) is 0 Å². The van der Waals surface area contributed by atoms with Crippen LogP contribution >= 0.6 is 0 Å². The number of hydrogen-bond acceptors (Lipinski definition) is 2. The molecule has 0 amide bonds. The Labute approximate surface area is 78.9 Å². The molecule has 0 atom stereocenters. The van der Waals surface area contributed by atoms with Crippen LogP contribution in [0.3, 0.4) is 0 Å². The van der Waals surface area contributed by atoms with Crippen LogP contribution in [-0.2, 0) is 0 Å². The molecular formula is C11H14N2. The Kier molecular flexibility index (Phi) is 2.41. The van der Waals surface area contributed by atoms with Gasteiger partial charge < -0.3 is 4.90 Å². The molecule has 0 aliphatic carbocycles. The molecule has 0 saturated carbocycles. The predicted octanol–water partition coefficient (Wildman–Crippen LogP) is 1.80. The summed E-state index contributed by atoms with van der Waals surface area (Å²) in [5, 5.41) is 0. The minimum Gasteiger partial charge on any atom is -0.302 e. The molecule has 0 radical (unpaired) electrons. The van der Waals surface area contributed by atoms with Gasteiger partial charge in [0.05, 0.1) is 5.69 Å². The molecule has 0 bridgehead atoms. The molecule has 2 heteroatoms. The standard InChI is InChI=1S/C11H14N2/c1-13-8-4-5-10(9-13)11-6-2-3-7-12-11/h2-3,5-7H,4,8-9H2,1H3. The van der Waals surface area contributed by atoms with E-state index in [1.54, 1.807) is 0 Å². The van der Waals surface area contributed by atoms with Gasteiger partial charge in [-0.25, -0.2) is 0 Å². The maximum Gasteiger partial charge on any atom is 0.0671 e. The van der Waals surface area contributed by atoms with Crippen molar-refractivity contribution in [3.63, 3.8) is 0 Å². The van der Waals surface area contributed by atoms with Gasteiger partial charge in [0.15, 0.2) is 0 Å². The van der Waals surface area contributed by atoms with Gasteiger partial charge in [-0.1, -0.05) is 12.1 Å². The van der Waals surface area contributed by atoms with Crippen molar-refractivity contribution in [3.05, 3.63) is 36.2 Å². The second kappa shape index (κ2) is 3.71. The van der Waals surface area contributed by atoms with E-state index in [0.29, 0.717) is 0 Å². The van der Waals surface area contributed by atoms with E-state index >= 15 is 0 Å². The van der Waals surface area contributed by atoms with E-state index in [1.165, 1.54) is 5.57 Å². The Bertz CT molecular complexity index is 303. The zero-order valence-electron chi connectivity index (χ0n) is 7.90. The first-order valence-electron chi connectivity index (χ1n) is 4.65. The first-order chi connectivity index (χ1) is 6.36. The largest absolute Gasteiger partial charge is 0.302 e. The van der Waals surface area contributed by atoms with Gasteiger partial charge in [0.25, 0.3) is 0 Å². The maximum atomic E-state index is 4.34. The fourth-order valence-corrected chi connectivity index (χ4v) is 1.63. The van der Waals surface area contributed by atoms with E-state index in [-0.39, 0.29) is 0 Å². The van der Waals surface area contributed by atoms with Crippen molar-refractivity contribution in [2.45, 2.75) is 6.42 Å². The van der Waals surface area contributed by atoms with Crippen LogP contribution < -0.4 is 0 Å². The van der Waals surface area contributed by atoms with Crippen LogP contribution in [0, 0.1) is 0 Å². The maximum absolute atomic E-state index is 4.34. The van der Waals surface area contributed by atoms with E-state index in [9.17, 15) is 0 Å². The summed E-state index contributed by atoms with van der Waals surface area (Å²) in [5.74, 6) is 0. The molecule has 0 unspecified atom stereocenters. The molecular weight excluding hydrogens is 160 g/mol. The number of rotatable bonds is 1. The molecule has 2 rings (SSSR count). The summed E-state index contributed by atoms with van der Waals surface area (Å²) in [7, 11) is 2.15. The van der Waals surface area contributed by atoms with Crippen LogP contribution in [0.4, 0.5) is 0 Å². The summed E-state index contributed by atoms with van der Waals surface area (Å²) in [6.07, 6.45) is 5.29. The molecule has 1 aliphatic heterocycles. The first kappa shape index (κ1) is 8.45. The van der Waals surface area contributed by atoms with Crippen molar-refractivity contribution in [3.8, 4) is 0 Å². The van der Waals surface area contributed by atoms with Crippen LogP contribution in [0.5, 0.6) is 0 Å². The molecule has 0 saturated heterocycles. The summed E-state index contributed by atoms with van der Waals surface area (Å²) in [4.78, 5) is 6.67. The lowest BCUT2D eigenvalue weighted by Crippen LogP contribution is -2.25. The zero-order chi connectivity index (χ0) is 9.10. The van der Waals surface area contributed by atoms with Gasteiger partial charge in [-0.2, -0.15) is 0 Å². The quantitative estimate of drug-likeness (QED) is 0.645. The lowest BCUT2D eigenvalue weighted by atomic mass is 10.1. The summed E-state index contributed by atoms with van der Waals surface area (Å²) >= 11 is 0. The molecule has 1 aromatic rings. The lowest BCUT2D eigenvalue weighted by molar-refractivity contribution is 0.372. The van der Waals surface area contributed by atoms with Gasteiger partial charge in [-0.15, -0.1) is 0 Å². The molecule has 2 heterocycles. The normalized spacial score (nSPS) is 18.4. The highest BCUT2D eigenvalue weighted by molar-refractivity contribution is 5.64. The minimum absolute atomic E-state index is 1.02. The molecule has 2 nitrogen and oxygen atoms in total. The average molecular weight is 174 g/mol. The molecule has 1 aliphatic rings. The molecule has 1 aromatic heterocycles. The van der Waals surface area contributed by atoms with Gasteiger partial charge >= 0.3 is 0 Å². The first-order valence-corrected chi connectivity index (χ1v) is 4.65. The summed E-state index contributed by atoms with van der Waals surface area (Å²) in [5.41, 5.74) is 2.48. The number of likely N-dealkylation sites (N-methyl/N-ethyl adjacent to an activating group) is 1. The van der Waals surface area contributed by atoms with Crippen LogP contribution in [0.1, 0.15) is 12.1 Å². The minimum atomic E-state index is 1.02. The smallest absolute Gasteiger partial charge is 0.0671 e. The molecule has 68 valence electrons. The summed E-state index contributed by atoms with van der Waals surface area (Å²) < 4.78 is 0. The summed E-state index contributed by atoms with van der Waals surface area (Å²) in [6.45, 7) is 2.19. The van der Waals surface area contributed by atoms with Crippen LogP contribution in [0.15, 0.2) is 30.5 Å². The zero-order valence-corrected chi connectivity index (χ0v) is 7.90. The molecule has 0 N–H and O–H groups in total. The van der Waals surface area contributed by atoms with Crippen LogP contribution in [-0.4, -0.2) is 30.0 Å². The highest BCUT2D eigenvalue weighted by Crippen LogP contribution is 2.17. The highest BCUT2D eigenvalue weighted by Gasteiger charge is 2.10. The van der Waals surface area contributed by atoms with Gasteiger partial charge in [0.1, 0.15) is 0 Å². The number of hydrogen-bond donors (Lipinski definition) is 0. The predicted molar refractivity (Wildman–Crippen MR) is 54.3 cm³/mol. The molecule has 0 aromatic carbocycles. The van der Waals surface area contributed by atoms with Gasteiger partial charge in [-0.05, 0) is 31.2 Å². The van der Waals surface area contributed by atoms with Gasteiger partial charge in [-0.3, -0.25) is 4.98 Å². The van der Waals surface area contributed by atoms with Crippen molar-refractivity contribution < 1.29 is 0 Å². The van der Waals surface area contributed by atoms with Gasteiger partial charge in [0, 0.05) is 19.3 Å². The van der Waals surface area contributed by atoms with E-state index in [1.807, 2.05) is 18.3 Å². The number of nitrogens with zero attached hydrogens (tertiary/aromatic N) is 2. The Morgan fingerprint density at radius 3 is 3.00 bits per heavy atom. The van der Waals surface area contributed by atoms with Crippen LogP contribution in [0.25, 0.3) is 5.57 Å². The Morgan fingerprint density at radius 2 is 2.31 bits per heavy atom. The third-order valence-corrected chi connectivity index (χ3v) is 2.34. The fraction of sp³-hybridized carbons (Fsp3) is 0.364. The molecule has 0 spiro atoms. The second-order valence-electron chi connectivity index (χ2n) is 3.47. The van der Waals surface area contributed by atoms with Crippen molar-refractivity contribution in [2.75, 3.05) is 20.1 Å². The Balaban J connectivity index is 2.22. The SMILES string of the molecule is CN1CCC=C(c2ccccn2)C1.